The van der Waals surface area contributed by atoms with E-state index in [-0.39, 0.29) is 68.6 Å². The molecule has 0 saturated heterocycles. The van der Waals surface area contributed by atoms with Crippen LogP contribution in [0, 0.1) is 5.92 Å². The van der Waals surface area contributed by atoms with E-state index in [1.165, 1.54) is 55.0 Å². The Kier molecular flexibility index (Phi) is 11.4. The van der Waals surface area contributed by atoms with Crippen LogP contribution in [0.15, 0.2) is 73.2 Å². The van der Waals surface area contributed by atoms with Crippen molar-refractivity contribution in [2.75, 3.05) is 30.3 Å². The number of hydrogen-bond donors (Lipinski definition) is 0. The van der Waals surface area contributed by atoms with Crippen LogP contribution in [0.5, 0.6) is 11.5 Å². The quantitative estimate of drug-likeness (QED) is 0.0748. The van der Waals surface area contributed by atoms with Gasteiger partial charge >= 0.3 is 12.6 Å². The molecule has 18 heteroatoms. The molecule has 2 aromatic heterocycles. The van der Waals surface area contributed by atoms with Crippen LogP contribution in [-0.2, 0) is 26.0 Å². The summed E-state index contributed by atoms with van der Waals surface area (Å²) < 4.78 is 69.0. The number of aromatic nitrogens is 2. The molecule has 0 N–H and O–H groups in total. The monoisotopic (exact) mass is 802 g/mol. The van der Waals surface area contributed by atoms with Gasteiger partial charge in [0.05, 0.1) is 46.3 Å². The van der Waals surface area contributed by atoms with Crippen LogP contribution in [0.2, 0.25) is 10.0 Å². The van der Waals surface area contributed by atoms with Gasteiger partial charge in [-0.1, -0.05) is 35.3 Å². The van der Waals surface area contributed by atoms with Crippen LogP contribution < -0.4 is 13.8 Å². The number of hydrogen-bond acceptors (Lipinski definition) is 11. The van der Waals surface area contributed by atoms with Crippen LogP contribution in [0.1, 0.15) is 61.3 Å². The number of carbonyl (C=O) groups is 4. The minimum Gasteiger partial charge on any atom is -0.489 e. The highest BCUT2D eigenvalue weighted by atomic mass is 35.5. The number of Topliss-reactive ketones (excluding diaryl/α,β-unsaturated/α-hetero) is 1. The molecule has 282 valence electrons. The minimum absolute atomic E-state index is 0.0197. The van der Waals surface area contributed by atoms with Crippen LogP contribution in [0.3, 0.4) is 0 Å². The first-order chi connectivity index (χ1) is 25.7. The molecule has 13 nitrogen and oxygen atoms in total. The van der Waals surface area contributed by atoms with Gasteiger partial charge in [0.1, 0.15) is 18.3 Å². The van der Waals surface area contributed by atoms with E-state index in [1.807, 2.05) is 0 Å². The van der Waals surface area contributed by atoms with Crippen molar-refractivity contribution in [1.29, 1.82) is 0 Å². The first-order valence-corrected chi connectivity index (χ1v) is 18.9. The van der Waals surface area contributed by atoms with Gasteiger partial charge in [0, 0.05) is 25.0 Å². The summed E-state index contributed by atoms with van der Waals surface area (Å²) in [4.78, 5) is 61.9. The lowest BCUT2D eigenvalue weighted by atomic mass is 10.0. The SMILES string of the molecule is CS(=O)(=O)N(CC(=O)c1ccccn1)c1ccc2c(c1)C(=O)N(CC(=O)O[C@@H](Cc1c(Cl)cncc1Cl)c1ccc(OC(F)F)c(OCC3CC3)c1)C2=O. The molecule has 2 amide bonds. The number of imide groups is 1. The number of sulfonamides is 1. The van der Waals surface area contributed by atoms with Gasteiger partial charge in [0.2, 0.25) is 15.8 Å². The van der Waals surface area contributed by atoms with Gasteiger partial charge in [-0.2, -0.15) is 8.78 Å². The lowest BCUT2D eigenvalue weighted by Crippen LogP contribution is -2.36. The summed E-state index contributed by atoms with van der Waals surface area (Å²) >= 11 is 12.8. The minimum atomic E-state index is -4.07. The van der Waals surface area contributed by atoms with E-state index in [2.05, 4.69) is 14.7 Å². The van der Waals surface area contributed by atoms with Gasteiger partial charge < -0.3 is 14.2 Å². The highest BCUT2D eigenvalue weighted by molar-refractivity contribution is 7.92. The molecule has 0 spiro atoms. The number of carbonyl (C=O) groups excluding carboxylic acids is 4. The van der Waals surface area contributed by atoms with Crippen molar-refractivity contribution in [3.63, 3.8) is 0 Å². The average molecular weight is 804 g/mol. The topological polar surface area (TPSA) is 162 Å². The lowest BCUT2D eigenvalue weighted by molar-refractivity contribution is -0.149. The number of nitrogens with zero attached hydrogens (tertiary/aromatic N) is 4. The van der Waals surface area contributed by atoms with Crippen molar-refractivity contribution in [3.05, 3.63) is 111 Å². The number of ketones is 1. The second-order valence-electron chi connectivity index (χ2n) is 12.4. The standard InChI is InChI=1S/C36H30Cl2F2N4O9S/c1-54(49,50)44(17-29(45)28-4-2-3-11-42-28)22-8-9-23-24(13-22)35(48)43(34(23)47)18-33(46)52-31(14-25-26(37)15-41-16-27(25)38)21-7-10-30(53-36(39)40)32(12-21)51-19-20-5-6-20/h2-4,7-13,15-16,20,31,36H,5-6,14,17-19H2,1H3/t31-/m0/s1. The van der Waals surface area contributed by atoms with Gasteiger partial charge in [-0.25, -0.2) is 8.42 Å². The Labute approximate surface area is 317 Å². The molecule has 54 heavy (non-hydrogen) atoms. The largest absolute Gasteiger partial charge is 0.489 e. The van der Waals surface area contributed by atoms with E-state index in [0.29, 0.717) is 10.5 Å². The van der Waals surface area contributed by atoms with Crippen molar-refractivity contribution in [2.24, 2.45) is 5.92 Å². The molecule has 1 aliphatic heterocycles. The second-order valence-corrected chi connectivity index (χ2v) is 15.2. The number of pyridine rings is 2. The molecule has 0 bridgehead atoms. The zero-order valence-corrected chi connectivity index (χ0v) is 30.6. The molecule has 1 fully saturated rings. The Morgan fingerprint density at radius 3 is 2.35 bits per heavy atom. The number of rotatable bonds is 16. The van der Waals surface area contributed by atoms with Gasteiger partial charge in [-0.05, 0) is 72.4 Å². The predicted molar refractivity (Wildman–Crippen MR) is 191 cm³/mol. The van der Waals surface area contributed by atoms with E-state index in [9.17, 15) is 36.4 Å². The molecular weight excluding hydrogens is 773 g/mol. The number of halogens is 4. The summed E-state index contributed by atoms with van der Waals surface area (Å²) in [5.74, 6) is -3.42. The van der Waals surface area contributed by atoms with Crippen molar-refractivity contribution in [2.45, 2.75) is 32.0 Å². The van der Waals surface area contributed by atoms with E-state index >= 15 is 0 Å². The molecular formula is C36H30Cl2F2N4O9S. The number of amides is 2. The average Bonchev–Trinajstić information content (AvgIpc) is 3.93. The predicted octanol–water partition coefficient (Wildman–Crippen LogP) is 5.95. The first-order valence-electron chi connectivity index (χ1n) is 16.3. The zero-order chi connectivity index (χ0) is 38.7. The van der Waals surface area contributed by atoms with Crippen molar-refractivity contribution >= 4 is 62.5 Å². The maximum absolute atomic E-state index is 13.6. The van der Waals surface area contributed by atoms with Crippen LogP contribution in [0.4, 0.5) is 14.5 Å². The van der Waals surface area contributed by atoms with Gasteiger partial charge in [-0.3, -0.25) is 38.4 Å². The molecule has 4 aromatic rings. The fourth-order valence-electron chi connectivity index (χ4n) is 5.61. The number of anilines is 1. The number of alkyl halides is 2. The Morgan fingerprint density at radius 1 is 0.981 bits per heavy atom. The third kappa shape index (κ3) is 8.94. The summed E-state index contributed by atoms with van der Waals surface area (Å²) in [6, 6.07) is 12.2. The van der Waals surface area contributed by atoms with Gasteiger partial charge in [0.15, 0.2) is 11.5 Å². The smallest absolute Gasteiger partial charge is 0.387 e. The van der Waals surface area contributed by atoms with Crippen LogP contribution in [0.25, 0.3) is 0 Å². The first kappa shape index (κ1) is 38.5. The fourth-order valence-corrected chi connectivity index (χ4v) is 6.98. The third-order valence-electron chi connectivity index (χ3n) is 8.51. The van der Waals surface area contributed by atoms with Gasteiger partial charge in [0.25, 0.3) is 11.8 Å². The van der Waals surface area contributed by atoms with Crippen molar-refractivity contribution in [3.8, 4) is 11.5 Å². The Balaban J connectivity index is 1.24. The summed E-state index contributed by atoms with van der Waals surface area (Å²) in [7, 11) is -4.07. The highest BCUT2D eigenvalue weighted by Crippen LogP contribution is 2.38. The lowest BCUT2D eigenvalue weighted by Gasteiger charge is -2.22. The molecule has 1 atom stereocenters. The van der Waals surface area contributed by atoms with E-state index in [1.54, 1.807) is 12.1 Å². The number of esters is 1. The zero-order valence-electron chi connectivity index (χ0n) is 28.3. The van der Waals surface area contributed by atoms with E-state index in [4.69, 9.17) is 32.7 Å². The van der Waals surface area contributed by atoms with Crippen molar-refractivity contribution < 1.29 is 50.6 Å². The molecule has 1 saturated carbocycles. The Hall–Kier alpha value is -5.19. The van der Waals surface area contributed by atoms with Crippen molar-refractivity contribution in [1.82, 2.24) is 14.9 Å². The maximum Gasteiger partial charge on any atom is 0.387 e. The Bertz CT molecular complexity index is 2210. The van der Waals surface area contributed by atoms with Gasteiger partial charge in [-0.15, -0.1) is 0 Å². The summed E-state index contributed by atoms with van der Waals surface area (Å²) in [5, 5.41) is 0.292. The normalized spacial score (nSPS) is 14.5. The van der Waals surface area contributed by atoms with Crippen LogP contribution in [-0.4, -0.2) is 79.4 Å². The van der Waals surface area contributed by atoms with E-state index in [0.717, 1.165) is 29.5 Å². The highest BCUT2D eigenvalue weighted by Gasteiger charge is 2.39. The van der Waals surface area contributed by atoms with E-state index < -0.39 is 59.4 Å². The summed E-state index contributed by atoms with van der Waals surface area (Å²) in [6.07, 6.45) is 5.44. The molecule has 0 radical (unpaired) electrons. The Morgan fingerprint density at radius 2 is 1.70 bits per heavy atom. The molecule has 1 aliphatic carbocycles. The van der Waals surface area contributed by atoms with Crippen LogP contribution >= 0.6 is 23.2 Å². The number of ether oxygens (including phenoxy) is 3. The molecule has 0 unspecified atom stereocenters. The summed E-state index contributed by atoms with van der Waals surface area (Å²) in [5.41, 5.74) is 0.242. The fraction of sp³-hybridized carbons (Fsp3) is 0.278. The number of fused-ring (bicyclic) bond motifs is 1. The molecule has 2 aromatic carbocycles. The molecule has 2 aliphatic rings. The molecule has 6 rings (SSSR count). The maximum atomic E-state index is 13.6. The number of benzene rings is 2. The second kappa shape index (κ2) is 16.0. The molecule has 3 heterocycles. The third-order valence-corrected chi connectivity index (χ3v) is 10.3. The summed E-state index contributed by atoms with van der Waals surface area (Å²) in [6.45, 7) is -4.38.